The number of benzene rings is 2. The van der Waals surface area contributed by atoms with Crippen LogP contribution in [0.2, 0.25) is 0 Å². The molecule has 2 aromatic carbocycles. The first-order valence-corrected chi connectivity index (χ1v) is 8.10. The van der Waals surface area contributed by atoms with Gasteiger partial charge in [-0.1, -0.05) is 30.3 Å². The number of nitrogens with zero attached hydrogens (tertiary/aromatic N) is 4. The maximum Gasteiger partial charge on any atom is 0.242 e. The quantitative estimate of drug-likeness (QED) is 0.766. The average Bonchev–Trinajstić information content (AvgIpc) is 3.31. The van der Waals surface area contributed by atoms with Crippen LogP contribution in [0.4, 0.5) is 0 Å². The first-order chi connectivity index (χ1) is 12.3. The number of rotatable bonds is 5. The van der Waals surface area contributed by atoms with Gasteiger partial charge in [0.15, 0.2) is 0 Å². The number of carbonyl (C=O) groups excluding carboxylic acids is 1. The number of carbonyl (C=O) groups is 1. The fraction of sp³-hybridized carbons (Fsp3) is 0.222. The smallest absolute Gasteiger partial charge is 0.242 e. The van der Waals surface area contributed by atoms with Gasteiger partial charge in [-0.05, 0) is 44.8 Å². The molecular weight excluding hydrogens is 318 g/mol. The van der Waals surface area contributed by atoms with Gasteiger partial charge in [0, 0.05) is 13.0 Å². The summed E-state index contributed by atoms with van der Waals surface area (Å²) in [7, 11) is 0. The summed E-state index contributed by atoms with van der Waals surface area (Å²) in [6.45, 7) is 1.35. The Labute approximate surface area is 144 Å². The first-order valence-electron chi connectivity index (χ1n) is 8.10. The zero-order valence-electron chi connectivity index (χ0n) is 13.6. The second kappa shape index (κ2) is 6.72. The van der Waals surface area contributed by atoms with Crippen molar-refractivity contribution in [2.75, 3.05) is 6.61 Å². The van der Waals surface area contributed by atoms with E-state index in [4.69, 9.17) is 4.74 Å². The molecule has 0 saturated heterocycles. The molecule has 1 amide bonds. The van der Waals surface area contributed by atoms with Crippen molar-refractivity contribution in [1.29, 1.82) is 0 Å². The van der Waals surface area contributed by atoms with Gasteiger partial charge in [0.2, 0.25) is 5.91 Å². The lowest BCUT2D eigenvalue weighted by atomic mass is 10.0. The molecule has 2 heterocycles. The number of aromatic nitrogens is 4. The molecular formula is C18H17N5O2. The summed E-state index contributed by atoms with van der Waals surface area (Å²) in [6.07, 6.45) is 2.38. The van der Waals surface area contributed by atoms with E-state index in [1.54, 1.807) is 0 Å². The average molecular weight is 335 g/mol. The van der Waals surface area contributed by atoms with Crippen LogP contribution < -0.4 is 10.1 Å². The standard InChI is InChI=1S/C18H17N5O2/c24-18(11-23-12-20-21-22-23)19-10-13-1-3-14(4-2-13)15-5-6-17-16(9-15)7-8-25-17/h1-6,9,12H,7-8,10-11H2,(H,19,24). The van der Waals surface area contributed by atoms with E-state index < -0.39 is 0 Å². The fourth-order valence-corrected chi connectivity index (χ4v) is 2.84. The molecule has 1 N–H and O–H groups in total. The molecule has 1 aliphatic heterocycles. The van der Waals surface area contributed by atoms with E-state index >= 15 is 0 Å². The van der Waals surface area contributed by atoms with Crippen molar-refractivity contribution in [3.63, 3.8) is 0 Å². The third-order valence-corrected chi connectivity index (χ3v) is 4.16. The second-order valence-electron chi connectivity index (χ2n) is 5.90. The Kier molecular flexibility index (Phi) is 4.12. The largest absolute Gasteiger partial charge is 0.493 e. The molecule has 0 spiro atoms. The number of fused-ring (bicyclic) bond motifs is 1. The highest BCUT2D eigenvalue weighted by molar-refractivity contribution is 5.75. The van der Waals surface area contributed by atoms with Gasteiger partial charge in [0.25, 0.3) is 0 Å². The second-order valence-corrected chi connectivity index (χ2v) is 5.90. The van der Waals surface area contributed by atoms with Gasteiger partial charge in [-0.15, -0.1) is 5.10 Å². The van der Waals surface area contributed by atoms with Crippen LogP contribution in [0, 0.1) is 0 Å². The minimum Gasteiger partial charge on any atom is -0.493 e. The van der Waals surface area contributed by atoms with Crippen molar-refractivity contribution >= 4 is 5.91 Å². The molecule has 7 nitrogen and oxygen atoms in total. The van der Waals surface area contributed by atoms with E-state index in [0.717, 1.165) is 29.9 Å². The SMILES string of the molecule is O=C(Cn1cnnn1)NCc1ccc(-c2ccc3c(c2)CCO3)cc1. The van der Waals surface area contributed by atoms with E-state index in [0.29, 0.717) is 6.54 Å². The zero-order valence-corrected chi connectivity index (χ0v) is 13.6. The Morgan fingerprint density at radius 3 is 2.80 bits per heavy atom. The predicted molar refractivity (Wildman–Crippen MR) is 90.7 cm³/mol. The molecule has 0 saturated carbocycles. The third kappa shape index (κ3) is 3.50. The van der Waals surface area contributed by atoms with Gasteiger partial charge < -0.3 is 10.1 Å². The van der Waals surface area contributed by atoms with Gasteiger partial charge in [-0.2, -0.15) is 0 Å². The van der Waals surface area contributed by atoms with Gasteiger partial charge in [-0.25, -0.2) is 4.68 Å². The summed E-state index contributed by atoms with van der Waals surface area (Å²) in [5.74, 6) is 0.862. The fourth-order valence-electron chi connectivity index (χ4n) is 2.84. The van der Waals surface area contributed by atoms with E-state index in [1.165, 1.54) is 22.1 Å². The summed E-state index contributed by atoms with van der Waals surface area (Å²) in [6, 6.07) is 14.5. The van der Waals surface area contributed by atoms with Crippen molar-refractivity contribution in [3.8, 4) is 16.9 Å². The van der Waals surface area contributed by atoms with Crippen molar-refractivity contribution < 1.29 is 9.53 Å². The van der Waals surface area contributed by atoms with E-state index in [-0.39, 0.29) is 12.5 Å². The van der Waals surface area contributed by atoms with Crippen LogP contribution >= 0.6 is 0 Å². The highest BCUT2D eigenvalue weighted by Gasteiger charge is 2.12. The van der Waals surface area contributed by atoms with Crippen molar-refractivity contribution in [3.05, 3.63) is 59.9 Å². The lowest BCUT2D eigenvalue weighted by Gasteiger charge is -2.08. The topological polar surface area (TPSA) is 81.9 Å². The number of tetrazole rings is 1. The maximum absolute atomic E-state index is 11.8. The summed E-state index contributed by atoms with van der Waals surface area (Å²) in [4.78, 5) is 11.8. The Hall–Kier alpha value is -3.22. The van der Waals surface area contributed by atoms with E-state index in [9.17, 15) is 4.79 Å². The van der Waals surface area contributed by atoms with Crippen molar-refractivity contribution in [2.24, 2.45) is 0 Å². The molecule has 0 unspecified atom stereocenters. The van der Waals surface area contributed by atoms with E-state index in [2.05, 4.69) is 45.1 Å². The summed E-state index contributed by atoms with van der Waals surface area (Å²) >= 11 is 0. The summed E-state index contributed by atoms with van der Waals surface area (Å²) in [5.41, 5.74) is 4.63. The molecule has 126 valence electrons. The van der Waals surface area contributed by atoms with E-state index in [1.807, 2.05) is 18.2 Å². The van der Waals surface area contributed by atoms with Gasteiger partial charge >= 0.3 is 0 Å². The van der Waals surface area contributed by atoms with Crippen LogP contribution in [0.25, 0.3) is 11.1 Å². The highest BCUT2D eigenvalue weighted by atomic mass is 16.5. The van der Waals surface area contributed by atoms with Gasteiger partial charge in [0.05, 0.1) is 6.61 Å². The Morgan fingerprint density at radius 2 is 2.00 bits per heavy atom. The molecule has 1 aliphatic rings. The first kappa shape index (κ1) is 15.3. The normalized spacial score (nSPS) is 12.5. The molecule has 4 rings (SSSR count). The zero-order chi connectivity index (χ0) is 17.1. The Morgan fingerprint density at radius 1 is 1.16 bits per heavy atom. The Balaban J connectivity index is 1.38. The number of nitrogens with one attached hydrogen (secondary N) is 1. The predicted octanol–water partition coefficient (Wildman–Crippen LogP) is 1.59. The van der Waals surface area contributed by atoms with Crippen molar-refractivity contribution in [1.82, 2.24) is 25.5 Å². The van der Waals surface area contributed by atoms with Crippen LogP contribution in [-0.2, 0) is 24.3 Å². The number of hydrogen-bond acceptors (Lipinski definition) is 5. The highest BCUT2D eigenvalue weighted by Crippen LogP contribution is 2.30. The number of ether oxygens (including phenoxy) is 1. The molecule has 0 bridgehead atoms. The van der Waals surface area contributed by atoms with Crippen LogP contribution in [0.3, 0.4) is 0 Å². The number of amides is 1. The lowest BCUT2D eigenvalue weighted by molar-refractivity contribution is -0.122. The minimum atomic E-state index is -0.130. The molecule has 0 fully saturated rings. The van der Waals surface area contributed by atoms with Gasteiger partial charge in [0.1, 0.15) is 18.6 Å². The Bertz CT molecular complexity index is 875. The summed E-state index contributed by atoms with van der Waals surface area (Å²) < 4.78 is 6.93. The van der Waals surface area contributed by atoms with Crippen LogP contribution in [0.1, 0.15) is 11.1 Å². The lowest BCUT2D eigenvalue weighted by Crippen LogP contribution is -2.27. The van der Waals surface area contributed by atoms with Gasteiger partial charge in [-0.3, -0.25) is 4.79 Å². The minimum absolute atomic E-state index is 0.113. The maximum atomic E-state index is 11.8. The summed E-state index contributed by atoms with van der Waals surface area (Å²) in [5, 5.41) is 13.5. The molecule has 3 aromatic rings. The van der Waals surface area contributed by atoms with Crippen LogP contribution in [-0.4, -0.2) is 32.7 Å². The molecule has 0 aliphatic carbocycles. The molecule has 7 heteroatoms. The molecule has 25 heavy (non-hydrogen) atoms. The third-order valence-electron chi connectivity index (χ3n) is 4.16. The molecule has 0 radical (unpaired) electrons. The monoisotopic (exact) mass is 335 g/mol. The molecule has 1 aromatic heterocycles. The van der Waals surface area contributed by atoms with Crippen LogP contribution in [0.5, 0.6) is 5.75 Å². The molecule has 0 atom stereocenters. The van der Waals surface area contributed by atoms with Crippen molar-refractivity contribution in [2.45, 2.75) is 19.5 Å². The number of hydrogen-bond donors (Lipinski definition) is 1. The van der Waals surface area contributed by atoms with Crippen LogP contribution in [0.15, 0.2) is 48.8 Å².